The largest absolute Gasteiger partial charge is 0.462 e. The second-order valence-corrected chi connectivity index (χ2v) is 3.85. The average molecular weight is 208 g/mol. The van der Waals surface area contributed by atoms with E-state index >= 15 is 0 Å². The Hall–Kier alpha value is -1.06. The quantitative estimate of drug-likeness (QED) is 0.763. The zero-order chi connectivity index (χ0) is 10.7. The lowest BCUT2D eigenvalue weighted by molar-refractivity contribution is -0.150. The van der Waals surface area contributed by atoms with Crippen molar-refractivity contribution in [1.82, 2.24) is 0 Å². The van der Waals surface area contributed by atoms with Crippen molar-refractivity contribution >= 4 is 0 Å². The summed E-state index contributed by atoms with van der Waals surface area (Å²) in [5.74, 6) is 0.904. The molecule has 15 heavy (non-hydrogen) atoms. The second-order valence-electron chi connectivity index (χ2n) is 3.85. The van der Waals surface area contributed by atoms with Crippen LogP contribution in [0.1, 0.15) is 19.4 Å². The van der Waals surface area contributed by atoms with Gasteiger partial charge in [-0.15, -0.1) is 0 Å². The fourth-order valence-electron chi connectivity index (χ4n) is 1.45. The highest BCUT2D eigenvalue weighted by atomic mass is 16.7. The van der Waals surface area contributed by atoms with Crippen LogP contribution < -0.4 is 4.74 Å². The molecule has 1 aliphatic heterocycles. The van der Waals surface area contributed by atoms with Crippen molar-refractivity contribution in [3.63, 3.8) is 0 Å². The summed E-state index contributed by atoms with van der Waals surface area (Å²) in [6.45, 7) is 5.07. The van der Waals surface area contributed by atoms with E-state index in [0.717, 1.165) is 11.3 Å². The van der Waals surface area contributed by atoms with Gasteiger partial charge in [-0.1, -0.05) is 18.2 Å². The third kappa shape index (κ3) is 2.70. The SMILES string of the molecule is CC(C)OCC1OCc2ccccc2O1. The molecule has 3 heteroatoms. The molecule has 0 saturated heterocycles. The van der Waals surface area contributed by atoms with E-state index in [0.29, 0.717) is 13.2 Å². The van der Waals surface area contributed by atoms with E-state index < -0.39 is 0 Å². The number of ether oxygens (including phenoxy) is 3. The van der Waals surface area contributed by atoms with Gasteiger partial charge in [-0.2, -0.15) is 0 Å². The molecule has 0 spiro atoms. The van der Waals surface area contributed by atoms with Crippen molar-refractivity contribution in [2.75, 3.05) is 6.61 Å². The third-order valence-corrected chi connectivity index (χ3v) is 2.22. The van der Waals surface area contributed by atoms with Gasteiger partial charge in [0.15, 0.2) is 0 Å². The van der Waals surface area contributed by atoms with Crippen LogP contribution in [0.2, 0.25) is 0 Å². The van der Waals surface area contributed by atoms with E-state index in [-0.39, 0.29) is 12.4 Å². The Bertz CT molecular complexity index is 322. The lowest BCUT2D eigenvalue weighted by atomic mass is 10.2. The standard InChI is InChI=1S/C12H16O3/c1-9(2)13-8-12-14-7-10-5-3-4-6-11(10)15-12/h3-6,9,12H,7-8H2,1-2H3. The summed E-state index contributed by atoms with van der Waals surface area (Å²) in [7, 11) is 0. The molecule has 82 valence electrons. The molecule has 1 atom stereocenters. The molecule has 0 aromatic heterocycles. The Balaban J connectivity index is 1.94. The first-order chi connectivity index (χ1) is 7.25. The maximum absolute atomic E-state index is 5.64. The molecule has 1 aliphatic rings. The Kier molecular flexibility index (Phi) is 3.23. The van der Waals surface area contributed by atoms with Crippen molar-refractivity contribution in [3.05, 3.63) is 29.8 Å². The molecular weight excluding hydrogens is 192 g/mol. The fourth-order valence-corrected chi connectivity index (χ4v) is 1.45. The molecule has 0 saturated carbocycles. The van der Waals surface area contributed by atoms with Crippen LogP contribution in [0.3, 0.4) is 0 Å². The highest BCUT2D eigenvalue weighted by molar-refractivity contribution is 5.33. The van der Waals surface area contributed by atoms with E-state index in [4.69, 9.17) is 14.2 Å². The van der Waals surface area contributed by atoms with E-state index in [9.17, 15) is 0 Å². The molecular formula is C12H16O3. The average Bonchev–Trinajstić information content (AvgIpc) is 2.26. The van der Waals surface area contributed by atoms with Crippen molar-refractivity contribution in [2.24, 2.45) is 0 Å². The van der Waals surface area contributed by atoms with Crippen molar-refractivity contribution in [1.29, 1.82) is 0 Å². The first kappa shape index (κ1) is 10.5. The Morgan fingerprint density at radius 2 is 2.20 bits per heavy atom. The first-order valence-electron chi connectivity index (χ1n) is 5.23. The molecule has 3 nitrogen and oxygen atoms in total. The summed E-state index contributed by atoms with van der Waals surface area (Å²) in [6, 6.07) is 7.91. The maximum atomic E-state index is 5.64. The van der Waals surface area contributed by atoms with Crippen LogP contribution in [0, 0.1) is 0 Å². The van der Waals surface area contributed by atoms with E-state index in [2.05, 4.69) is 0 Å². The zero-order valence-electron chi connectivity index (χ0n) is 9.10. The minimum atomic E-state index is -0.276. The van der Waals surface area contributed by atoms with E-state index in [1.54, 1.807) is 0 Å². The minimum Gasteiger partial charge on any atom is -0.462 e. The van der Waals surface area contributed by atoms with Gasteiger partial charge in [0.05, 0.1) is 12.7 Å². The highest BCUT2D eigenvalue weighted by Gasteiger charge is 2.19. The monoisotopic (exact) mass is 208 g/mol. The lowest BCUT2D eigenvalue weighted by Gasteiger charge is -2.26. The van der Waals surface area contributed by atoms with Crippen LogP contribution >= 0.6 is 0 Å². The smallest absolute Gasteiger partial charge is 0.223 e. The third-order valence-electron chi connectivity index (χ3n) is 2.22. The van der Waals surface area contributed by atoms with E-state index in [1.807, 2.05) is 38.1 Å². The highest BCUT2D eigenvalue weighted by Crippen LogP contribution is 2.25. The van der Waals surface area contributed by atoms with Crippen molar-refractivity contribution < 1.29 is 14.2 Å². The van der Waals surface area contributed by atoms with Crippen LogP contribution in [-0.4, -0.2) is 19.0 Å². The number of rotatable bonds is 3. The summed E-state index contributed by atoms with van der Waals surface area (Å²) in [5.41, 5.74) is 1.10. The number of benzene rings is 1. The van der Waals surface area contributed by atoms with Crippen LogP contribution in [0.25, 0.3) is 0 Å². The fraction of sp³-hybridized carbons (Fsp3) is 0.500. The predicted molar refractivity (Wildman–Crippen MR) is 56.7 cm³/mol. The van der Waals surface area contributed by atoms with Crippen LogP contribution in [0.5, 0.6) is 5.75 Å². The summed E-state index contributed by atoms with van der Waals surface area (Å²) < 4.78 is 16.6. The Labute approximate surface area is 90.0 Å². The summed E-state index contributed by atoms with van der Waals surface area (Å²) in [5, 5.41) is 0. The minimum absolute atomic E-state index is 0.203. The molecule has 0 radical (unpaired) electrons. The zero-order valence-corrected chi connectivity index (χ0v) is 9.10. The molecule has 0 aliphatic carbocycles. The van der Waals surface area contributed by atoms with Gasteiger partial charge in [-0.3, -0.25) is 0 Å². The van der Waals surface area contributed by atoms with Gasteiger partial charge < -0.3 is 14.2 Å². The topological polar surface area (TPSA) is 27.7 Å². The van der Waals surface area contributed by atoms with Gasteiger partial charge in [0.1, 0.15) is 12.4 Å². The lowest BCUT2D eigenvalue weighted by Crippen LogP contribution is -2.31. The van der Waals surface area contributed by atoms with Gasteiger partial charge in [0.25, 0.3) is 0 Å². The normalized spacial score (nSPS) is 19.8. The summed E-state index contributed by atoms with van der Waals surface area (Å²) in [6.07, 6.45) is -0.0725. The van der Waals surface area contributed by atoms with Crippen molar-refractivity contribution in [3.8, 4) is 5.75 Å². The molecule has 0 fully saturated rings. The molecule has 0 bridgehead atoms. The van der Waals surface area contributed by atoms with Crippen LogP contribution in [-0.2, 0) is 16.1 Å². The Morgan fingerprint density at radius 3 is 3.00 bits per heavy atom. The second kappa shape index (κ2) is 4.64. The van der Waals surface area contributed by atoms with E-state index in [1.165, 1.54) is 0 Å². The summed E-state index contributed by atoms with van der Waals surface area (Å²) in [4.78, 5) is 0. The molecule has 1 aromatic rings. The number of para-hydroxylation sites is 1. The Morgan fingerprint density at radius 1 is 1.40 bits per heavy atom. The van der Waals surface area contributed by atoms with Gasteiger partial charge in [0, 0.05) is 5.56 Å². The molecule has 2 rings (SSSR count). The molecule has 1 aromatic carbocycles. The molecule has 0 amide bonds. The van der Waals surface area contributed by atoms with Gasteiger partial charge in [-0.25, -0.2) is 0 Å². The number of hydrogen-bond donors (Lipinski definition) is 0. The van der Waals surface area contributed by atoms with Crippen LogP contribution in [0.15, 0.2) is 24.3 Å². The number of hydrogen-bond acceptors (Lipinski definition) is 3. The predicted octanol–water partition coefficient (Wildman–Crippen LogP) is 2.35. The van der Waals surface area contributed by atoms with Gasteiger partial charge in [0.2, 0.25) is 6.29 Å². The first-order valence-corrected chi connectivity index (χ1v) is 5.23. The van der Waals surface area contributed by atoms with Gasteiger partial charge >= 0.3 is 0 Å². The van der Waals surface area contributed by atoms with Crippen LogP contribution in [0.4, 0.5) is 0 Å². The maximum Gasteiger partial charge on any atom is 0.223 e. The van der Waals surface area contributed by atoms with Crippen molar-refractivity contribution in [2.45, 2.75) is 32.8 Å². The van der Waals surface area contributed by atoms with Gasteiger partial charge in [-0.05, 0) is 19.9 Å². The molecule has 1 heterocycles. The molecule has 1 unspecified atom stereocenters. The number of fused-ring (bicyclic) bond motifs is 1. The molecule has 0 N–H and O–H groups in total. The summed E-state index contributed by atoms with van der Waals surface area (Å²) >= 11 is 0.